The van der Waals surface area contributed by atoms with E-state index in [-0.39, 0.29) is 18.5 Å². The van der Waals surface area contributed by atoms with E-state index in [0.29, 0.717) is 11.1 Å². The molecule has 3 rings (SSSR count). The van der Waals surface area contributed by atoms with Crippen molar-refractivity contribution in [1.29, 1.82) is 0 Å². The number of carbonyl (C=O) groups excluding carboxylic acids is 1. The Kier molecular flexibility index (Phi) is 4.25. The number of hydrogen-bond donors (Lipinski definition) is 1. The first-order valence-corrected chi connectivity index (χ1v) is 7.90. The van der Waals surface area contributed by atoms with E-state index in [2.05, 4.69) is 11.4 Å². The molecule has 3 aromatic rings. The zero-order valence-corrected chi connectivity index (χ0v) is 14.0. The number of benzene rings is 2. The molecule has 1 atom stereocenters. The molecule has 0 bridgehead atoms. The topological polar surface area (TPSA) is 64.2 Å². The summed E-state index contributed by atoms with van der Waals surface area (Å²) >= 11 is 0. The Morgan fingerprint density at radius 2 is 1.96 bits per heavy atom. The van der Waals surface area contributed by atoms with Crippen molar-refractivity contribution in [2.24, 2.45) is 0 Å². The maximum Gasteiger partial charge on any atom is 0.420 e. The molecule has 0 saturated heterocycles. The van der Waals surface area contributed by atoms with Crippen molar-refractivity contribution >= 4 is 17.0 Å². The van der Waals surface area contributed by atoms with Gasteiger partial charge in [0, 0.05) is 0 Å². The second kappa shape index (κ2) is 6.35. The van der Waals surface area contributed by atoms with Crippen LogP contribution in [0.3, 0.4) is 0 Å². The first-order valence-electron chi connectivity index (χ1n) is 7.90. The van der Waals surface area contributed by atoms with E-state index >= 15 is 0 Å². The summed E-state index contributed by atoms with van der Waals surface area (Å²) in [7, 11) is 0. The summed E-state index contributed by atoms with van der Waals surface area (Å²) in [5.41, 5.74) is 4.45. The fourth-order valence-electron chi connectivity index (χ4n) is 2.90. The van der Waals surface area contributed by atoms with Crippen LogP contribution in [0.25, 0.3) is 11.1 Å². The van der Waals surface area contributed by atoms with Crippen molar-refractivity contribution in [3.8, 4) is 0 Å². The average molecular weight is 324 g/mol. The number of para-hydroxylation sites is 2. The average Bonchev–Trinajstić information content (AvgIpc) is 2.85. The van der Waals surface area contributed by atoms with Crippen LogP contribution in [0, 0.1) is 13.8 Å². The Balaban J connectivity index is 1.79. The Labute approximate surface area is 139 Å². The molecule has 0 fully saturated rings. The second-order valence-corrected chi connectivity index (χ2v) is 6.07. The number of nitrogens with zero attached hydrogens (tertiary/aromatic N) is 1. The van der Waals surface area contributed by atoms with Gasteiger partial charge in [-0.25, -0.2) is 4.79 Å². The van der Waals surface area contributed by atoms with E-state index in [0.717, 1.165) is 16.7 Å². The standard InChI is InChI=1S/C19H20N2O3/c1-12-8-9-13(2)15(10-12)14(3)20-18(22)11-21-16-6-4-5-7-17(16)24-19(21)23/h4-10,14H,11H2,1-3H3,(H,20,22). The van der Waals surface area contributed by atoms with Crippen LogP contribution < -0.4 is 11.1 Å². The highest BCUT2D eigenvalue weighted by atomic mass is 16.4. The van der Waals surface area contributed by atoms with Crippen molar-refractivity contribution in [3.05, 3.63) is 69.7 Å². The molecule has 1 heterocycles. The van der Waals surface area contributed by atoms with Crippen molar-refractivity contribution in [2.45, 2.75) is 33.4 Å². The van der Waals surface area contributed by atoms with Gasteiger partial charge in [-0.3, -0.25) is 9.36 Å². The smallest absolute Gasteiger partial charge is 0.408 e. The van der Waals surface area contributed by atoms with Gasteiger partial charge >= 0.3 is 5.76 Å². The lowest BCUT2D eigenvalue weighted by Crippen LogP contribution is -2.32. The number of hydrogen-bond acceptors (Lipinski definition) is 3. The highest BCUT2D eigenvalue weighted by Crippen LogP contribution is 2.19. The van der Waals surface area contributed by atoms with Crippen molar-refractivity contribution < 1.29 is 9.21 Å². The van der Waals surface area contributed by atoms with Gasteiger partial charge in [0.25, 0.3) is 0 Å². The van der Waals surface area contributed by atoms with Gasteiger partial charge in [-0.05, 0) is 44.0 Å². The molecule has 0 aliphatic heterocycles. The van der Waals surface area contributed by atoms with Crippen molar-refractivity contribution in [2.75, 3.05) is 0 Å². The van der Waals surface area contributed by atoms with E-state index < -0.39 is 5.76 Å². The second-order valence-electron chi connectivity index (χ2n) is 6.07. The van der Waals surface area contributed by atoms with Gasteiger partial charge in [0.15, 0.2) is 5.58 Å². The number of nitrogens with one attached hydrogen (secondary N) is 1. The fraction of sp³-hybridized carbons (Fsp3) is 0.263. The van der Waals surface area contributed by atoms with Crippen LogP contribution >= 0.6 is 0 Å². The fourth-order valence-corrected chi connectivity index (χ4v) is 2.90. The number of aryl methyl sites for hydroxylation is 2. The molecule has 5 nitrogen and oxygen atoms in total. The van der Waals surface area contributed by atoms with Gasteiger partial charge in [0.2, 0.25) is 5.91 Å². The summed E-state index contributed by atoms with van der Waals surface area (Å²) in [6, 6.07) is 13.1. The predicted molar refractivity (Wildman–Crippen MR) is 92.9 cm³/mol. The molecule has 0 radical (unpaired) electrons. The molecule has 1 amide bonds. The molecular formula is C19H20N2O3. The summed E-state index contributed by atoms with van der Waals surface area (Å²) in [4.78, 5) is 24.3. The van der Waals surface area contributed by atoms with Gasteiger partial charge in [-0.2, -0.15) is 0 Å². The summed E-state index contributed by atoms with van der Waals surface area (Å²) in [5.74, 6) is -0.747. The van der Waals surface area contributed by atoms with Crippen LogP contribution in [-0.4, -0.2) is 10.5 Å². The minimum Gasteiger partial charge on any atom is -0.408 e. The van der Waals surface area contributed by atoms with Gasteiger partial charge in [-0.15, -0.1) is 0 Å². The molecule has 24 heavy (non-hydrogen) atoms. The Morgan fingerprint density at radius 3 is 2.75 bits per heavy atom. The lowest BCUT2D eigenvalue weighted by atomic mass is 10.00. The monoisotopic (exact) mass is 324 g/mol. The molecule has 0 aliphatic rings. The normalized spacial score (nSPS) is 12.3. The number of fused-ring (bicyclic) bond motifs is 1. The van der Waals surface area contributed by atoms with Gasteiger partial charge in [0.05, 0.1) is 11.6 Å². The first-order chi connectivity index (χ1) is 11.5. The zero-order chi connectivity index (χ0) is 17.3. The minimum absolute atomic E-state index is 0.0644. The third-order valence-corrected chi connectivity index (χ3v) is 4.15. The number of rotatable bonds is 4. The number of aromatic nitrogens is 1. The Bertz CT molecular complexity index is 953. The summed E-state index contributed by atoms with van der Waals surface area (Å²) in [5, 5.41) is 2.95. The molecule has 1 N–H and O–H groups in total. The first kappa shape index (κ1) is 16.1. The lowest BCUT2D eigenvalue weighted by Gasteiger charge is -2.17. The van der Waals surface area contributed by atoms with Crippen LogP contribution in [0.2, 0.25) is 0 Å². The molecule has 1 aromatic heterocycles. The molecule has 0 spiro atoms. The molecule has 2 aromatic carbocycles. The molecule has 0 aliphatic carbocycles. The highest BCUT2D eigenvalue weighted by Gasteiger charge is 2.15. The van der Waals surface area contributed by atoms with Gasteiger partial charge in [0.1, 0.15) is 6.54 Å². The van der Waals surface area contributed by atoms with Crippen LogP contribution in [-0.2, 0) is 11.3 Å². The summed E-state index contributed by atoms with van der Waals surface area (Å²) in [6.07, 6.45) is 0. The van der Waals surface area contributed by atoms with Gasteiger partial charge in [-0.1, -0.05) is 35.9 Å². The van der Waals surface area contributed by atoms with E-state index in [1.165, 1.54) is 4.57 Å². The molecular weight excluding hydrogens is 304 g/mol. The van der Waals surface area contributed by atoms with Crippen LogP contribution in [0.4, 0.5) is 0 Å². The quantitative estimate of drug-likeness (QED) is 0.802. The van der Waals surface area contributed by atoms with Crippen LogP contribution in [0.15, 0.2) is 51.7 Å². The molecule has 124 valence electrons. The zero-order valence-electron chi connectivity index (χ0n) is 14.0. The molecule has 0 saturated carbocycles. The summed E-state index contributed by atoms with van der Waals surface area (Å²) in [6.45, 7) is 5.92. The predicted octanol–water partition coefficient (Wildman–Crippen LogP) is 3.09. The van der Waals surface area contributed by atoms with Crippen molar-refractivity contribution in [3.63, 3.8) is 0 Å². The summed E-state index contributed by atoms with van der Waals surface area (Å²) < 4.78 is 6.50. The maximum absolute atomic E-state index is 12.4. The van der Waals surface area contributed by atoms with Crippen molar-refractivity contribution in [1.82, 2.24) is 9.88 Å². The molecule has 5 heteroatoms. The lowest BCUT2D eigenvalue weighted by molar-refractivity contribution is -0.122. The Morgan fingerprint density at radius 1 is 1.21 bits per heavy atom. The maximum atomic E-state index is 12.4. The molecule has 1 unspecified atom stereocenters. The highest BCUT2D eigenvalue weighted by molar-refractivity contribution is 5.79. The van der Waals surface area contributed by atoms with Gasteiger partial charge < -0.3 is 9.73 Å². The van der Waals surface area contributed by atoms with E-state index in [4.69, 9.17) is 4.42 Å². The third kappa shape index (κ3) is 3.11. The Hall–Kier alpha value is -2.82. The van der Waals surface area contributed by atoms with Crippen LogP contribution in [0.1, 0.15) is 29.7 Å². The van der Waals surface area contributed by atoms with E-state index in [9.17, 15) is 9.59 Å². The largest absolute Gasteiger partial charge is 0.420 e. The number of amides is 1. The van der Waals surface area contributed by atoms with E-state index in [1.807, 2.05) is 39.0 Å². The van der Waals surface area contributed by atoms with E-state index in [1.54, 1.807) is 18.2 Å². The number of carbonyl (C=O) groups is 1. The number of oxazole rings is 1. The SMILES string of the molecule is Cc1ccc(C)c(C(C)NC(=O)Cn2c(=O)oc3ccccc32)c1. The minimum atomic E-state index is -0.522. The third-order valence-electron chi connectivity index (χ3n) is 4.15. The van der Waals surface area contributed by atoms with Crippen LogP contribution in [0.5, 0.6) is 0 Å².